The summed E-state index contributed by atoms with van der Waals surface area (Å²) in [5.74, 6) is 0. The van der Waals surface area contributed by atoms with Crippen LogP contribution in [0.25, 0.3) is 0 Å². The Morgan fingerprint density at radius 2 is 1.70 bits per heavy atom. The number of carbonyl (C=O) groups is 2. The van der Waals surface area contributed by atoms with Crippen molar-refractivity contribution in [2.75, 3.05) is 69.0 Å². The Morgan fingerprint density at radius 3 is 2.22 bits per heavy atom. The van der Waals surface area contributed by atoms with E-state index in [2.05, 4.69) is 0 Å². The fourth-order valence-electron chi connectivity index (χ4n) is 2.37. The average Bonchev–Trinajstić information content (AvgIpc) is 2.82. The van der Waals surface area contributed by atoms with Crippen molar-refractivity contribution in [2.45, 2.75) is 6.17 Å². The first-order chi connectivity index (χ1) is 11.0. The Morgan fingerprint density at radius 1 is 1.09 bits per heavy atom. The number of rotatable bonds is 9. The molecule has 10 heteroatoms. The largest absolute Gasteiger partial charge is 0.364 e. The van der Waals surface area contributed by atoms with Crippen molar-refractivity contribution in [3.05, 3.63) is 0 Å². The van der Waals surface area contributed by atoms with E-state index in [0.717, 1.165) is 0 Å². The summed E-state index contributed by atoms with van der Waals surface area (Å²) in [7, 11) is 7.59. The Kier molecular flexibility index (Phi) is 8.03. The number of amides is 4. The number of urea groups is 2. The molecule has 1 fully saturated rings. The van der Waals surface area contributed by atoms with Crippen LogP contribution >= 0.6 is 0 Å². The average molecular weight is 334 g/mol. The molecule has 0 bridgehead atoms. The second-order valence-corrected chi connectivity index (χ2v) is 5.08. The molecular weight excluding hydrogens is 308 g/mol. The van der Waals surface area contributed by atoms with Crippen molar-refractivity contribution in [3.63, 3.8) is 0 Å². The molecule has 0 aliphatic carbocycles. The van der Waals surface area contributed by atoms with E-state index in [0.29, 0.717) is 6.54 Å². The van der Waals surface area contributed by atoms with Crippen LogP contribution < -0.4 is 0 Å². The van der Waals surface area contributed by atoms with E-state index in [-0.39, 0.29) is 39.0 Å². The minimum absolute atomic E-state index is 0.0336. The number of nitrogens with zero attached hydrogens (tertiary/aromatic N) is 4. The second kappa shape index (κ2) is 9.50. The summed E-state index contributed by atoms with van der Waals surface area (Å²) in [6, 6.07) is -0.575. The molecule has 4 amide bonds. The first-order valence-corrected chi connectivity index (χ1v) is 7.04. The van der Waals surface area contributed by atoms with Crippen molar-refractivity contribution in [3.8, 4) is 0 Å². The van der Waals surface area contributed by atoms with E-state index >= 15 is 0 Å². The van der Waals surface area contributed by atoms with E-state index in [9.17, 15) is 9.59 Å². The van der Waals surface area contributed by atoms with Gasteiger partial charge in [0.2, 0.25) is 0 Å². The lowest BCUT2D eigenvalue weighted by atomic mass is 10.4. The summed E-state index contributed by atoms with van der Waals surface area (Å²) in [4.78, 5) is 30.8. The quantitative estimate of drug-likeness (QED) is 0.544. The van der Waals surface area contributed by atoms with Gasteiger partial charge in [-0.25, -0.2) is 9.59 Å². The molecular formula is C13H26N4O6. The van der Waals surface area contributed by atoms with E-state index in [1.54, 1.807) is 7.05 Å². The van der Waals surface area contributed by atoms with Crippen molar-refractivity contribution < 1.29 is 28.5 Å². The number of methoxy groups -OCH3 is 4. The lowest BCUT2D eigenvalue weighted by Gasteiger charge is -2.35. The Bertz CT molecular complexity index is 397. The molecule has 0 spiro atoms. The van der Waals surface area contributed by atoms with Crippen molar-refractivity contribution in [1.82, 2.24) is 19.6 Å². The van der Waals surface area contributed by atoms with Gasteiger partial charge in [-0.1, -0.05) is 0 Å². The minimum atomic E-state index is -0.524. The van der Waals surface area contributed by atoms with Crippen molar-refractivity contribution >= 4 is 12.1 Å². The van der Waals surface area contributed by atoms with E-state index < -0.39 is 6.17 Å². The fraction of sp³-hybridized carbons (Fsp3) is 0.846. The predicted octanol–water partition coefficient (Wildman–Crippen LogP) is -0.180. The molecule has 1 aliphatic heterocycles. The number of ether oxygens (including phenoxy) is 4. The van der Waals surface area contributed by atoms with Crippen LogP contribution in [-0.2, 0) is 18.9 Å². The molecule has 134 valence electrons. The van der Waals surface area contributed by atoms with Crippen LogP contribution in [-0.4, -0.2) is 107 Å². The van der Waals surface area contributed by atoms with E-state index in [4.69, 9.17) is 18.9 Å². The Balaban J connectivity index is 2.97. The molecule has 10 nitrogen and oxygen atoms in total. The van der Waals surface area contributed by atoms with Gasteiger partial charge in [0.15, 0.2) is 0 Å². The van der Waals surface area contributed by atoms with Crippen molar-refractivity contribution in [2.24, 2.45) is 0 Å². The standard InChI is InChI=1S/C13H26N4O6/c1-14(7-20-2)12(18)16(9-22-4)11-6-15(8-21-3)13(19)17(11)10-23-5/h11H,6-10H2,1-5H3. The second-order valence-electron chi connectivity index (χ2n) is 5.08. The highest BCUT2D eigenvalue weighted by Crippen LogP contribution is 2.20. The van der Waals surface area contributed by atoms with Gasteiger partial charge in [0.25, 0.3) is 0 Å². The van der Waals surface area contributed by atoms with Gasteiger partial charge in [0.1, 0.15) is 33.1 Å². The topological polar surface area (TPSA) is 84.0 Å². The fourth-order valence-corrected chi connectivity index (χ4v) is 2.37. The smallest absolute Gasteiger partial charge is 0.325 e. The maximum absolute atomic E-state index is 12.6. The molecule has 23 heavy (non-hydrogen) atoms. The first kappa shape index (κ1) is 19.4. The highest BCUT2D eigenvalue weighted by atomic mass is 16.5. The van der Waals surface area contributed by atoms with Gasteiger partial charge in [-0.3, -0.25) is 14.7 Å². The third-order valence-corrected chi connectivity index (χ3v) is 3.34. The molecule has 1 atom stereocenters. The molecule has 0 aromatic carbocycles. The highest BCUT2D eigenvalue weighted by molar-refractivity contribution is 5.79. The molecule has 1 saturated heterocycles. The molecule has 0 saturated carbocycles. The van der Waals surface area contributed by atoms with Gasteiger partial charge >= 0.3 is 12.1 Å². The van der Waals surface area contributed by atoms with Gasteiger partial charge < -0.3 is 23.8 Å². The van der Waals surface area contributed by atoms with Gasteiger partial charge in [-0.05, 0) is 0 Å². The zero-order valence-corrected chi connectivity index (χ0v) is 14.4. The number of hydrogen-bond acceptors (Lipinski definition) is 6. The summed E-state index contributed by atoms with van der Waals surface area (Å²) < 4.78 is 20.2. The maximum Gasteiger partial charge on any atom is 0.325 e. The Labute approximate surface area is 136 Å². The third-order valence-electron chi connectivity index (χ3n) is 3.34. The van der Waals surface area contributed by atoms with Gasteiger partial charge in [-0.2, -0.15) is 0 Å². The molecule has 1 unspecified atom stereocenters. The van der Waals surface area contributed by atoms with Crippen LogP contribution in [0.2, 0.25) is 0 Å². The van der Waals surface area contributed by atoms with Crippen LogP contribution in [0, 0.1) is 0 Å². The summed E-state index contributed by atoms with van der Waals surface area (Å²) >= 11 is 0. The lowest BCUT2D eigenvalue weighted by Crippen LogP contribution is -2.54. The number of hydrogen-bond donors (Lipinski definition) is 0. The predicted molar refractivity (Wildman–Crippen MR) is 80.2 cm³/mol. The first-order valence-electron chi connectivity index (χ1n) is 7.04. The molecule has 0 aromatic heterocycles. The summed E-state index contributed by atoms with van der Waals surface area (Å²) in [6.07, 6.45) is -0.524. The van der Waals surface area contributed by atoms with E-state index in [1.807, 2.05) is 0 Å². The normalized spacial score (nSPS) is 17.8. The SMILES string of the molecule is COCN(C)C(=O)N(COC)C1CN(COC)C(=O)N1COC. The molecule has 0 radical (unpaired) electrons. The van der Waals surface area contributed by atoms with Crippen LogP contribution in [0.1, 0.15) is 0 Å². The number of carbonyl (C=O) groups excluding carboxylic acids is 2. The van der Waals surface area contributed by atoms with Crippen LogP contribution in [0.5, 0.6) is 0 Å². The molecule has 1 heterocycles. The van der Waals surface area contributed by atoms with E-state index in [1.165, 1.54) is 48.0 Å². The monoisotopic (exact) mass is 334 g/mol. The third kappa shape index (κ3) is 4.67. The van der Waals surface area contributed by atoms with Gasteiger partial charge in [0, 0.05) is 35.5 Å². The Hall–Kier alpha value is -1.62. The molecule has 0 aromatic rings. The maximum atomic E-state index is 12.6. The molecule has 1 rings (SSSR count). The summed E-state index contributed by atoms with van der Waals surface area (Å²) in [6.45, 7) is 0.660. The zero-order valence-electron chi connectivity index (χ0n) is 14.4. The summed E-state index contributed by atoms with van der Waals surface area (Å²) in [5, 5.41) is 0. The van der Waals surface area contributed by atoms with Crippen LogP contribution in [0.4, 0.5) is 9.59 Å². The highest BCUT2D eigenvalue weighted by Gasteiger charge is 2.42. The molecule has 1 aliphatic rings. The van der Waals surface area contributed by atoms with Gasteiger partial charge in [-0.15, -0.1) is 0 Å². The summed E-state index contributed by atoms with van der Waals surface area (Å²) in [5.41, 5.74) is 0. The van der Waals surface area contributed by atoms with Crippen molar-refractivity contribution in [1.29, 1.82) is 0 Å². The lowest BCUT2D eigenvalue weighted by molar-refractivity contribution is -0.0222. The van der Waals surface area contributed by atoms with Crippen LogP contribution in [0.15, 0.2) is 0 Å². The van der Waals surface area contributed by atoms with Gasteiger partial charge in [0.05, 0.1) is 6.54 Å². The minimum Gasteiger partial charge on any atom is -0.364 e. The zero-order chi connectivity index (χ0) is 17.4. The molecule has 0 N–H and O–H groups in total. The van der Waals surface area contributed by atoms with Crippen LogP contribution in [0.3, 0.4) is 0 Å².